The number of amides is 1. The molecule has 1 atom stereocenters. The van der Waals surface area contributed by atoms with Crippen LogP contribution in [0.1, 0.15) is 46.2 Å². The number of rotatable bonds is 2. The Hall–Kier alpha value is -3.35. The Morgan fingerprint density at radius 1 is 1.19 bits per heavy atom. The fraction of sp³-hybridized carbons (Fsp3) is 0.375. The number of carbonyl (C=O) groups is 1. The molecule has 4 aromatic heterocycles. The van der Waals surface area contributed by atoms with Crippen LogP contribution in [0.2, 0.25) is 0 Å². The van der Waals surface area contributed by atoms with Crippen LogP contribution in [-0.4, -0.2) is 42.7 Å². The van der Waals surface area contributed by atoms with E-state index in [1.54, 1.807) is 6.20 Å². The van der Waals surface area contributed by atoms with E-state index in [-0.39, 0.29) is 12.3 Å². The van der Waals surface area contributed by atoms with E-state index < -0.39 is 5.60 Å². The molecule has 5 heterocycles. The summed E-state index contributed by atoms with van der Waals surface area (Å²) in [4.78, 5) is 27.4. The molecule has 5 rings (SSSR count). The number of hydrogen-bond acceptors (Lipinski definition) is 4. The molecule has 0 saturated carbocycles. The number of ether oxygens (including phenoxy) is 1. The van der Waals surface area contributed by atoms with E-state index in [2.05, 4.69) is 25.6 Å². The van der Waals surface area contributed by atoms with Crippen LogP contribution in [0, 0.1) is 0 Å². The minimum atomic E-state index is -0.542. The topological polar surface area (TPSA) is 76.0 Å². The zero-order valence-corrected chi connectivity index (χ0v) is 18.1. The average Bonchev–Trinajstić information content (AvgIpc) is 3.37. The van der Waals surface area contributed by atoms with E-state index in [1.807, 2.05) is 62.3 Å². The molecule has 1 unspecified atom stereocenters. The molecule has 7 nitrogen and oxygen atoms in total. The van der Waals surface area contributed by atoms with Gasteiger partial charge in [0.05, 0.1) is 16.9 Å². The molecule has 0 aromatic carbocycles. The summed E-state index contributed by atoms with van der Waals surface area (Å²) in [6.07, 6.45) is 8.04. The van der Waals surface area contributed by atoms with Gasteiger partial charge in [-0.25, -0.2) is 9.78 Å². The van der Waals surface area contributed by atoms with Gasteiger partial charge in [-0.3, -0.25) is 9.88 Å². The highest BCUT2D eigenvalue weighted by Crippen LogP contribution is 2.38. The molecule has 0 bridgehead atoms. The number of piperidine rings is 1. The number of H-pyrrole nitrogens is 1. The van der Waals surface area contributed by atoms with Crippen molar-refractivity contribution in [2.75, 3.05) is 6.54 Å². The zero-order valence-electron chi connectivity index (χ0n) is 18.1. The summed E-state index contributed by atoms with van der Waals surface area (Å²) >= 11 is 0. The smallest absolute Gasteiger partial charge is 0.411 e. The van der Waals surface area contributed by atoms with Crippen molar-refractivity contribution in [3.63, 3.8) is 0 Å². The SMILES string of the molecule is CC(C)(C)OC(=O)N1CCCCC1n1c(-c2ccccn2)cc2cnc3[nH]ccc3c21. The van der Waals surface area contributed by atoms with Gasteiger partial charge in [-0.15, -0.1) is 0 Å². The summed E-state index contributed by atoms with van der Waals surface area (Å²) < 4.78 is 8.04. The van der Waals surface area contributed by atoms with Gasteiger partial charge in [-0.05, 0) is 64.3 Å². The third kappa shape index (κ3) is 3.54. The minimum Gasteiger partial charge on any atom is -0.444 e. The number of nitrogens with zero attached hydrogens (tertiary/aromatic N) is 4. The molecular weight excluding hydrogens is 390 g/mol. The molecule has 160 valence electrons. The second-order valence-corrected chi connectivity index (χ2v) is 9.07. The standard InChI is InChI=1S/C24H27N5O2/c1-24(2,3)31-23(30)28-13-7-5-9-20(28)29-19(18-8-4-6-11-25-18)14-16-15-27-22-17(21(16)29)10-12-26-22/h4,6,8,10-12,14-15,20H,5,7,9,13H2,1-3H3,(H,26,27). The van der Waals surface area contributed by atoms with Gasteiger partial charge in [0.25, 0.3) is 0 Å². The van der Waals surface area contributed by atoms with Gasteiger partial charge in [0, 0.05) is 35.9 Å². The molecule has 0 radical (unpaired) electrons. The van der Waals surface area contributed by atoms with E-state index in [0.717, 1.165) is 52.6 Å². The van der Waals surface area contributed by atoms with Crippen molar-refractivity contribution in [2.45, 2.75) is 51.8 Å². The number of pyridine rings is 2. The third-order valence-corrected chi connectivity index (χ3v) is 5.70. The van der Waals surface area contributed by atoms with Gasteiger partial charge in [-0.1, -0.05) is 6.07 Å². The number of fused-ring (bicyclic) bond motifs is 3. The van der Waals surface area contributed by atoms with Crippen molar-refractivity contribution in [1.29, 1.82) is 0 Å². The van der Waals surface area contributed by atoms with Crippen molar-refractivity contribution in [2.24, 2.45) is 0 Å². The average molecular weight is 418 g/mol. The predicted octanol–water partition coefficient (Wildman–Crippen LogP) is 5.50. The largest absolute Gasteiger partial charge is 0.444 e. The van der Waals surface area contributed by atoms with E-state index in [4.69, 9.17) is 4.74 Å². The molecule has 0 spiro atoms. The lowest BCUT2D eigenvalue weighted by molar-refractivity contribution is -0.0000876. The lowest BCUT2D eigenvalue weighted by atomic mass is 10.1. The molecule has 1 aliphatic heterocycles. The molecule has 7 heteroatoms. The van der Waals surface area contributed by atoms with E-state index >= 15 is 0 Å². The fourth-order valence-electron chi connectivity index (χ4n) is 4.46. The molecule has 4 aromatic rings. The number of aromatic amines is 1. The Labute approximate surface area is 181 Å². The van der Waals surface area contributed by atoms with Crippen LogP contribution in [0.5, 0.6) is 0 Å². The number of aromatic nitrogens is 4. The summed E-state index contributed by atoms with van der Waals surface area (Å²) in [5, 5.41) is 2.07. The van der Waals surface area contributed by atoms with Gasteiger partial charge < -0.3 is 14.3 Å². The minimum absolute atomic E-state index is 0.154. The van der Waals surface area contributed by atoms with Gasteiger partial charge in [-0.2, -0.15) is 0 Å². The molecule has 1 fully saturated rings. The zero-order chi connectivity index (χ0) is 21.6. The van der Waals surface area contributed by atoms with E-state index in [9.17, 15) is 4.79 Å². The quantitative estimate of drug-likeness (QED) is 0.467. The first-order valence-corrected chi connectivity index (χ1v) is 10.8. The van der Waals surface area contributed by atoms with Crippen LogP contribution in [0.25, 0.3) is 33.3 Å². The van der Waals surface area contributed by atoms with Crippen LogP contribution in [0.3, 0.4) is 0 Å². The van der Waals surface area contributed by atoms with Crippen molar-refractivity contribution in [3.05, 3.63) is 48.9 Å². The molecule has 1 N–H and O–H groups in total. The van der Waals surface area contributed by atoms with Crippen LogP contribution < -0.4 is 0 Å². The molecule has 1 amide bonds. The molecule has 1 aliphatic rings. The number of likely N-dealkylation sites (tertiary alicyclic amines) is 1. The highest BCUT2D eigenvalue weighted by atomic mass is 16.6. The summed E-state index contributed by atoms with van der Waals surface area (Å²) in [6.45, 7) is 6.39. The maximum absolute atomic E-state index is 13.2. The van der Waals surface area contributed by atoms with Crippen LogP contribution in [0.4, 0.5) is 4.79 Å². The Kier molecular flexibility index (Phi) is 4.68. The van der Waals surface area contributed by atoms with E-state index in [0.29, 0.717) is 6.54 Å². The third-order valence-electron chi connectivity index (χ3n) is 5.70. The predicted molar refractivity (Wildman–Crippen MR) is 121 cm³/mol. The number of nitrogens with one attached hydrogen (secondary N) is 1. The van der Waals surface area contributed by atoms with Crippen molar-refractivity contribution < 1.29 is 9.53 Å². The van der Waals surface area contributed by atoms with Crippen molar-refractivity contribution in [1.82, 2.24) is 24.4 Å². The summed E-state index contributed by atoms with van der Waals surface area (Å²) in [7, 11) is 0. The maximum Gasteiger partial charge on any atom is 0.411 e. The van der Waals surface area contributed by atoms with E-state index in [1.165, 1.54) is 0 Å². The highest BCUT2D eigenvalue weighted by molar-refractivity contribution is 6.05. The maximum atomic E-state index is 13.2. The molecular formula is C24H27N5O2. The second kappa shape index (κ2) is 7.41. The fourth-order valence-corrected chi connectivity index (χ4v) is 4.46. The Morgan fingerprint density at radius 3 is 2.84 bits per heavy atom. The van der Waals surface area contributed by atoms with Gasteiger partial charge in [0.1, 0.15) is 17.4 Å². The summed E-state index contributed by atoms with van der Waals surface area (Å²) in [5.74, 6) is 0. The lowest BCUT2D eigenvalue weighted by Gasteiger charge is -2.38. The summed E-state index contributed by atoms with van der Waals surface area (Å²) in [6, 6.07) is 10.1. The van der Waals surface area contributed by atoms with Crippen LogP contribution in [0.15, 0.2) is 48.9 Å². The lowest BCUT2D eigenvalue weighted by Crippen LogP contribution is -2.44. The number of carbonyl (C=O) groups excluding carboxylic acids is 1. The Morgan fingerprint density at radius 2 is 2.06 bits per heavy atom. The van der Waals surface area contributed by atoms with Crippen molar-refractivity contribution in [3.8, 4) is 11.4 Å². The molecule has 1 saturated heterocycles. The van der Waals surface area contributed by atoms with Crippen LogP contribution >= 0.6 is 0 Å². The molecule has 0 aliphatic carbocycles. The first-order chi connectivity index (χ1) is 14.9. The molecule has 31 heavy (non-hydrogen) atoms. The first-order valence-electron chi connectivity index (χ1n) is 10.8. The second-order valence-electron chi connectivity index (χ2n) is 9.07. The first kappa shape index (κ1) is 19.6. The van der Waals surface area contributed by atoms with Crippen molar-refractivity contribution >= 4 is 28.0 Å². The Balaban J connectivity index is 1.73. The van der Waals surface area contributed by atoms with Gasteiger partial charge in [0.15, 0.2) is 0 Å². The normalized spacial score (nSPS) is 17.4. The van der Waals surface area contributed by atoms with Gasteiger partial charge in [0.2, 0.25) is 0 Å². The monoisotopic (exact) mass is 417 g/mol. The number of hydrogen-bond donors (Lipinski definition) is 1. The van der Waals surface area contributed by atoms with Gasteiger partial charge >= 0.3 is 6.09 Å². The highest BCUT2D eigenvalue weighted by Gasteiger charge is 2.34. The Bertz CT molecular complexity index is 1240. The summed E-state index contributed by atoms with van der Waals surface area (Å²) in [5.41, 5.74) is 3.20. The van der Waals surface area contributed by atoms with Crippen LogP contribution in [-0.2, 0) is 4.74 Å².